The van der Waals surface area contributed by atoms with Crippen molar-refractivity contribution in [1.29, 1.82) is 0 Å². The van der Waals surface area contributed by atoms with Gasteiger partial charge < -0.3 is 9.47 Å². The molecule has 6 nitrogen and oxygen atoms in total. The topological polar surface area (TPSA) is 72.9 Å². The molecular weight excluding hydrogens is 238 g/mol. The molecule has 1 atom stereocenters. The van der Waals surface area contributed by atoms with Crippen molar-refractivity contribution in [2.45, 2.75) is 39.3 Å². The second kappa shape index (κ2) is 4.80. The molecule has 0 aliphatic carbocycles. The Morgan fingerprint density at radius 2 is 1.89 bits per heavy atom. The average Bonchev–Trinajstić information content (AvgIpc) is 2.49. The fraction of sp³-hybridized carbons (Fsp3) is 0.583. The SMILES string of the molecule is COC(=O)C1C(C)=CC(=O)N1C(=O)OC(C)(C)C. The van der Waals surface area contributed by atoms with Crippen LogP contribution in [0.3, 0.4) is 0 Å². The highest BCUT2D eigenvalue weighted by atomic mass is 16.6. The van der Waals surface area contributed by atoms with Gasteiger partial charge in [0.1, 0.15) is 5.60 Å². The molecule has 1 aliphatic rings. The quantitative estimate of drug-likeness (QED) is 0.659. The first kappa shape index (κ1) is 14.2. The highest BCUT2D eigenvalue weighted by Gasteiger charge is 2.42. The van der Waals surface area contributed by atoms with Crippen LogP contribution < -0.4 is 0 Å². The van der Waals surface area contributed by atoms with E-state index in [1.54, 1.807) is 27.7 Å². The van der Waals surface area contributed by atoms with E-state index in [2.05, 4.69) is 4.74 Å². The van der Waals surface area contributed by atoms with E-state index in [0.29, 0.717) is 5.57 Å². The summed E-state index contributed by atoms with van der Waals surface area (Å²) in [6.45, 7) is 6.63. The van der Waals surface area contributed by atoms with Crippen molar-refractivity contribution in [1.82, 2.24) is 4.90 Å². The van der Waals surface area contributed by atoms with Crippen LogP contribution in [0.4, 0.5) is 4.79 Å². The highest BCUT2D eigenvalue weighted by molar-refractivity contribution is 6.07. The van der Waals surface area contributed by atoms with Crippen LogP contribution in [0.2, 0.25) is 0 Å². The molecule has 0 aromatic heterocycles. The molecule has 0 radical (unpaired) electrons. The van der Waals surface area contributed by atoms with Gasteiger partial charge in [-0.1, -0.05) is 0 Å². The molecule has 0 aromatic carbocycles. The van der Waals surface area contributed by atoms with E-state index in [9.17, 15) is 14.4 Å². The number of esters is 1. The largest absolute Gasteiger partial charge is 0.467 e. The molecule has 1 rings (SSSR count). The molecule has 2 amide bonds. The van der Waals surface area contributed by atoms with Crippen LogP contribution in [-0.2, 0) is 19.1 Å². The number of hydrogen-bond donors (Lipinski definition) is 0. The molecule has 0 fully saturated rings. The number of rotatable bonds is 1. The van der Waals surface area contributed by atoms with Crippen LogP contribution in [0.25, 0.3) is 0 Å². The van der Waals surface area contributed by atoms with E-state index in [1.807, 2.05) is 0 Å². The van der Waals surface area contributed by atoms with Crippen LogP contribution >= 0.6 is 0 Å². The van der Waals surface area contributed by atoms with Gasteiger partial charge in [-0.05, 0) is 33.3 Å². The molecule has 18 heavy (non-hydrogen) atoms. The Bertz CT molecular complexity index is 419. The zero-order valence-electron chi connectivity index (χ0n) is 11.1. The number of carbonyl (C=O) groups excluding carboxylic acids is 3. The van der Waals surface area contributed by atoms with Gasteiger partial charge in [0.15, 0.2) is 6.04 Å². The molecule has 0 spiro atoms. The molecule has 0 aromatic rings. The Kier molecular flexibility index (Phi) is 3.79. The summed E-state index contributed by atoms with van der Waals surface area (Å²) in [5.74, 6) is -1.24. The lowest BCUT2D eigenvalue weighted by molar-refractivity contribution is -0.148. The second-order valence-corrected chi connectivity index (χ2v) is 5.00. The van der Waals surface area contributed by atoms with Crippen LogP contribution in [0.5, 0.6) is 0 Å². The minimum absolute atomic E-state index is 0.456. The van der Waals surface area contributed by atoms with Gasteiger partial charge in [0.25, 0.3) is 5.91 Å². The first-order chi connectivity index (χ1) is 8.17. The highest BCUT2D eigenvalue weighted by Crippen LogP contribution is 2.23. The molecule has 0 N–H and O–H groups in total. The van der Waals surface area contributed by atoms with Gasteiger partial charge in [-0.2, -0.15) is 0 Å². The Balaban J connectivity index is 2.96. The number of amides is 2. The van der Waals surface area contributed by atoms with Crippen molar-refractivity contribution in [3.63, 3.8) is 0 Å². The Labute approximate surface area is 106 Å². The third-order valence-electron chi connectivity index (χ3n) is 2.29. The number of carbonyl (C=O) groups is 3. The summed E-state index contributed by atoms with van der Waals surface area (Å²) in [5, 5.41) is 0. The summed E-state index contributed by atoms with van der Waals surface area (Å²) in [4.78, 5) is 35.9. The zero-order valence-corrected chi connectivity index (χ0v) is 11.1. The van der Waals surface area contributed by atoms with E-state index in [-0.39, 0.29) is 0 Å². The normalized spacial score (nSPS) is 19.6. The van der Waals surface area contributed by atoms with Crippen molar-refractivity contribution < 1.29 is 23.9 Å². The van der Waals surface area contributed by atoms with E-state index < -0.39 is 29.6 Å². The smallest absolute Gasteiger partial charge is 0.418 e. The van der Waals surface area contributed by atoms with Crippen molar-refractivity contribution in [2.24, 2.45) is 0 Å². The molecule has 1 heterocycles. The number of imide groups is 1. The molecule has 1 aliphatic heterocycles. The van der Waals surface area contributed by atoms with Gasteiger partial charge in [0.05, 0.1) is 7.11 Å². The molecule has 0 saturated heterocycles. The first-order valence-corrected chi connectivity index (χ1v) is 5.49. The fourth-order valence-electron chi connectivity index (χ4n) is 1.58. The van der Waals surface area contributed by atoms with E-state index in [1.165, 1.54) is 13.2 Å². The predicted molar refractivity (Wildman–Crippen MR) is 62.6 cm³/mol. The summed E-state index contributed by atoms with van der Waals surface area (Å²) < 4.78 is 9.67. The van der Waals surface area contributed by atoms with Crippen molar-refractivity contribution >= 4 is 18.0 Å². The third-order valence-corrected chi connectivity index (χ3v) is 2.29. The summed E-state index contributed by atoms with van der Waals surface area (Å²) in [6, 6.07) is -1.03. The van der Waals surface area contributed by atoms with Gasteiger partial charge in [0, 0.05) is 6.08 Å². The van der Waals surface area contributed by atoms with Gasteiger partial charge in [0.2, 0.25) is 0 Å². The predicted octanol–water partition coefficient (Wildman–Crippen LogP) is 1.25. The Morgan fingerprint density at radius 1 is 1.33 bits per heavy atom. The van der Waals surface area contributed by atoms with E-state index >= 15 is 0 Å². The number of nitrogens with zero attached hydrogens (tertiary/aromatic N) is 1. The van der Waals surface area contributed by atoms with Crippen LogP contribution in [-0.4, -0.2) is 41.6 Å². The molecule has 100 valence electrons. The molecule has 6 heteroatoms. The number of hydrogen-bond acceptors (Lipinski definition) is 5. The molecule has 0 saturated carbocycles. The minimum Gasteiger partial charge on any atom is -0.467 e. The Hall–Kier alpha value is -1.85. The van der Waals surface area contributed by atoms with Crippen LogP contribution in [0, 0.1) is 0 Å². The van der Waals surface area contributed by atoms with Crippen molar-refractivity contribution in [3.05, 3.63) is 11.6 Å². The maximum absolute atomic E-state index is 11.9. The van der Waals surface area contributed by atoms with E-state index in [4.69, 9.17) is 4.74 Å². The van der Waals surface area contributed by atoms with Crippen LogP contribution in [0.15, 0.2) is 11.6 Å². The van der Waals surface area contributed by atoms with Crippen LogP contribution in [0.1, 0.15) is 27.7 Å². The lowest BCUT2D eigenvalue weighted by Gasteiger charge is -2.26. The summed E-state index contributed by atoms with van der Waals surface area (Å²) >= 11 is 0. The maximum atomic E-state index is 11.9. The maximum Gasteiger partial charge on any atom is 0.418 e. The second-order valence-electron chi connectivity index (χ2n) is 5.00. The average molecular weight is 255 g/mol. The van der Waals surface area contributed by atoms with Crippen molar-refractivity contribution in [3.8, 4) is 0 Å². The van der Waals surface area contributed by atoms with Gasteiger partial charge in [-0.3, -0.25) is 4.79 Å². The summed E-state index contributed by atoms with van der Waals surface area (Å²) in [7, 11) is 1.20. The summed E-state index contributed by atoms with van der Waals surface area (Å²) in [5.41, 5.74) is -0.285. The summed E-state index contributed by atoms with van der Waals surface area (Å²) in [6.07, 6.45) is 0.377. The lowest BCUT2D eigenvalue weighted by atomic mass is 10.1. The standard InChI is InChI=1S/C12H17NO5/c1-7-6-8(14)13(9(7)10(15)17-5)11(16)18-12(2,3)4/h6,9H,1-5H3. The third kappa shape index (κ3) is 2.88. The molecule has 1 unspecified atom stereocenters. The van der Waals surface area contributed by atoms with Gasteiger partial charge >= 0.3 is 12.1 Å². The van der Waals surface area contributed by atoms with Gasteiger partial charge in [-0.15, -0.1) is 0 Å². The van der Waals surface area contributed by atoms with E-state index in [0.717, 1.165) is 4.90 Å². The number of methoxy groups -OCH3 is 1. The van der Waals surface area contributed by atoms with Crippen molar-refractivity contribution in [2.75, 3.05) is 7.11 Å². The first-order valence-electron chi connectivity index (χ1n) is 5.49. The Morgan fingerprint density at radius 3 is 2.33 bits per heavy atom. The molecule has 0 bridgehead atoms. The molecular formula is C12H17NO5. The minimum atomic E-state index is -1.03. The number of ether oxygens (including phenoxy) is 2. The monoisotopic (exact) mass is 255 g/mol. The zero-order chi connectivity index (χ0) is 14.1. The van der Waals surface area contributed by atoms with Gasteiger partial charge in [-0.25, -0.2) is 14.5 Å². The lowest BCUT2D eigenvalue weighted by Crippen LogP contribution is -2.47. The fourth-order valence-corrected chi connectivity index (χ4v) is 1.58.